The van der Waals surface area contributed by atoms with Crippen molar-refractivity contribution in [3.8, 4) is 11.1 Å². The molecule has 0 atom stereocenters. The van der Waals surface area contributed by atoms with Crippen LogP contribution in [0.1, 0.15) is 86.1 Å². The fourth-order valence-corrected chi connectivity index (χ4v) is 12.6. The highest BCUT2D eigenvalue weighted by Gasteiger charge is 2.49. The summed E-state index contributed by atoms with van der Waals surface area (Å²) in [5, 5.41) is 5.11. The van der Waals surface area contributed by atoms with E-state index in [2.05, 4.69) is 272 Å². The molecule has 0 spiro atoms. The molecule has 0 bridgehead atoms. The Hall–Kier alpha value is -7.19. The van der Waals surface area contributed by atoms with Crippen LogP contribution >= 0.6 is 0 Å². The zero-order valence-electron chi connectivity index (χ0n) is 43.7. The molecule has 72 heavy (non-hydrogen) atoms. The summed E-state index contributed by atoms with van der Waals surface area (Å²) in [6.07, 6.45) is 0. The topological polar surface area (TPSA) is 19.6 Å². The first-order valence-corrected chi connectivity index (χ1v) is 30.2. The molecule has 1 aromatic heterocycles. The highest BCUT2D eigenvalue weighted by atomic mass is 28.2. The molecule has 0 aliphatic heterocycles. The highest BCUT2D eigenvalue weighted by molar-refractivity contribution is 6.52. The van der Waals surface area contributed by atoms with Crippen molar-refractivity contribution < 1.29 is 4.42 Å². The number of hydrogen-bond acceptors (Lipinski definition) is 3. The molecule has 9 aromatic carbocycles. The molecule has 0 saturated heterocycles. The Balaban J connectivity index is 1.27. The molecule has 5 heteroatoms. The van der Waals surface area contributed by atoms with Crippen molar-refractivity contribution in [2.45, 2.75) is 84.7 Å². The van der Waals surface area contributed by atoms with E-state index in [-0.39, 0.29) is 29.9 Å². The first-order chi connectivity index (χ1) is 34.7. The molecule has 0 fully saturated rings. The standard InChI is InChI=1S/C67H66N2OSi2/c1-43-15-19-47(20-16-43)67(48-21-17-44(2)18-22-48)58-41-53(68(50-31-36-54(71-9)37-32-50)49-27-23-45(24-28-49)65(3,4)5)35-40-56(58)62-59(67)42-60(63-57-13-11-12-14-61(57)70-64(62)63)69(52-33-38-55(72-10)39-34-52)51-29-25-46(26-30-51)66(6,7)8/h11-42H,71-72H2,1-10H3. The maximum absolute atomic E-state index is 7.37. The molecule has 11 rings (SSSR count). The summed E-state index contributed by atoms with van der Waals surface area (Å²) in [6, 6.07) is 74.2. The maximum atomic E-state index is 7.37. The van der Waals surface area contributed by atoms with Crippen LogP contribution < -0.4 is 20.2 Å². The first kappa shape index (κ1) is 47.2. The quantitative estimate of drug-likeness (QED) is 0.127. The van der Waals surface area contributed by atoms with E-state index in [1.54, 1.807) is 0 Å². The molecule has 10 aromatic rings. The van der Waals surface area contributed by atoms with Gasteiger partial charge in [-0.1, -0.05) is 197 Å². The largest absolute Gasteiger partial charge is 0.455 e. The lowest BCUT2D eigenvalue weighted by molar-refractivity contribution is 0.590. The van der Waals surface area contributed by atoms with Gasteiger partial charge < -0.3 is 14.2 Å². The zero-order chi connectivity index (χ0) is 50.1. The first-order valence-electron chi connectivity index (χ1n) is 25.9. The predicted molar refractivity (Wildman–Crippen MR) is 315 cm³/mol. The summed E-state index contributed by atoms with van der Waals surface area (Å²) in [7, 11) is -0.682. The Morgan fingerprint density at radius 3 is 1.36 bits per heavy atom. The maximum Gasteiger partial charge on any atom is 0.145 e. The minimum atomic E-state index is -0.747. The van der Waals surface area contributed by atoms with Crippen LogP contribution in [0.25, 0.3) is 33.1 Å². The van der Waals surface area contributed by atoms with Crippen molar-refractivity contribution in [3.05, 3.63) is 239 Å². The number of para-hydroxylation sites is 1. The Bertz CT molecular complexity index is 3550. The van der Waals surface area contributed by atoms with Gasteiger partial charge in [0.15, 0.2) is 0 Å². The van der Waals surface area contributed by atoms with Crippen molar-refractivity contribution >= 4 is 85.5 Å². The second-order valence-corrected chi connectivity index (χ2v) is 25.2. The predicted octanol–water partition coefficient (Wildman–Crippen LogP) is 15.8. The fourth-order valence-electron chi connectivity index (χ4n) is 11.2. The molecule has 0 amide bonds. The summed E-state index contributed by atoms with van der Waals surface area (Å²) in [4.78, 5) is 4.95. The van der Waals surface area contributed by atoms with Crippen LogP contribution in [0.5, 0.6) is 0 Å². The minimum Gasteiger partial charge on any atom is -0.455 e. The summed E-state index contributed by atoms with van der Waals surface area (Å²) in [5.74, 6) is 0. The smallest absolute Gasteiger partial charge is 0.145 e. The highest BCUT2D eigenvalue weighted by Crippen LogP contribution is 2.62. The van der Waals surface area contributed by atoms with E-state index in [1.165, 1.54) is 60.4 Å². The molecule has 0 radical (unpaired) electrons. The summed E-state index contributed by atoms with van der Waals surface area (Å²) < 4.78 is 7.37. The van der Waals surface area contributed by atoms with Crippen LogP contribution in [0.15, 0.2) is 199 Å². The lowest BCUT2D eigenvalue weighted by Gasteiger charge is -2.36. The molecule has 0 N–H and O–H groups in total. The molecule has 1 aliphatic carbocycles. The van der Waals surface area contributed by atoms with Gasteiger partial charge in [0.2, 0.25) is 0 Å². The molecular formula is C67H66N2OSi2. The van der Waals surface area contributed by atoms with Gasteiger partial charge in [-0.2, -0.15) is 0 Å². The Kier molecular flexibility index (Phi) is 11.9. The molecule has 1 aliphatic rings. The second-order valence-electron chi connectivity index (χ2n) is 22.1. The number of rotatable bonds is 10. The number of aryl methyl sites for hydroxylation is 2. The van der Waals surface area contributed by atoms with Gasteiger partial charge in [-0.3, -0.25) is 0 Å². The van der Waals surface area contributed by atoms with Gasteiger partial charge in [-0.05, 0) is 136 Å². The van der Waals surface area contributed by atoms with Crippen LogP contribution in [-0.2, 0) is 16.2 Å². The van der Waals surface area contributed by atoms with Gasteiger partial charge in [-0.15, -0.1) is 0 Å². The van der Waals surface area contributed by atoms with E-state index in [0.717, 1.165) is 61.6 Å². The monoisotopic (exact) mass is 970 g/mol. The normalized spacial score (nSPS) is 13.4. The van der Waals surface area contributed by atoms with Crippen molar-refractivity contribution in [3.63, 3.8) is 0 Å². The number of furan rings is 1. The average Bonchev–Trinajstić information content (AvgIpc) is 3.91. The van der Waals surface area contributed by atoms with E-state index in [4.69, 9.17) is 4.42 Å². The lowest BCUT2D eigenvalue weighted by atomic mass is 9.67. The number of anilines is 6. The van der Waals surface area contributed by atoms with Gasteiger partial charge in [0.05, 0.1) is 35.5 Å². The zero-order valence-corrected chi connectivity index (χ0v) is 46.5. The second kappa shape index (κ2) is 18.1. The van der Waals surface area contributed by atoms with E-state index in [9.17, 15) is 0 Å². The third-order valence-electron chi connectivity index (χ3n) is 15.4. The van der Waals surface area contributed by atoms with Crippen LogP contribution in [0.4, 0.5) is 34.1 Å². The third-order valence-corrected chi connectivity index (χ3v) is 17.9. The van der Waals surface area contributed by atoms with Gasteiger partial charge in [0, 0.05) is 39.4 Å². The van der Waals surface area contributed by atoms with Gasteiger partial charge in [0.1, 0.15) is 11.2 Å². The number of nitrogens with zero attached hydrogens (tertiary/aromatic N) is 2. The van der Waals surface area contributed by atoms with Gasteiger partial charge >= 0.3 is 0 Å². The summed E-state index contributed by atoms with van der Waals surface area (Å²) >= 11 is 0. The van der Waals surface area contributed by atoms with Crippen LogP contribution in [0.3, 0.4) is 0 Å². The van der Waals surface area contributed by atoms with Crippen LogP contribution in [0.2, 0.25) is 13.1 Å². The molecule has 1 heterocycles. The van der Waals surface area contributed by atoms with Crippen molar-refractivity contribution in [1.29, 1.82) is 0 Å². The van der Waals surface area contributed by atoms with Gasteiger partial charge in [-0.25, -0.2) is 0 Å². The number of hydrogen-bond donors (Lipinski definition) is 0. The average molecular weight is 971 g/mol. The van der Waals surface area contributed by atoms with E-state index >= 15 is 0 Å². The SMILES string of the molecule is C[SiH2]c1ccc(N(c2ccc(C(C)(C)C)cc2)c2ccc3c(c2)C(c2ccc(C)cc2)(c2ccc(C)cc2)c2cc(N(c4ccc([SiH2]C)cc4)c4ccc(C(C)(C)C)cc4)c4c(oc5ccccc54)c2-3)cc1. The van der Waals surface area contributed by atoms with E-state index in [0.29, 0.717) is 0 Å². The van der Waals surface area contributed by atoms with Crippen molar-refractivity contribution in [2.24, 2.45) is 0 Å². The van der Waals surface area contributed by atoms with Crippen molar-refractivity contribution in [1.82, 2.24) is 0 Å². The fraction of sp³-hybridized carbons (Fsp3) is 0.194. The molecular weight excluding hydrogens is 905 g/mol. The summed E-state index contributed by atoms with van der Waals surface area (Å²) in [6.45, 7) is 22.8. The van der Waals surface area contributed by atoms with Crippen molar-refractivity contribution in [2.75, 3.05) is 9.80 Å². The number of fused-ring (bicyclic) bond motifs is 7. The minimum absolute atomic E-state index is 0.0106. The van der Waals surface area contributed by atoms with E-state index < -0.39 is 5.41 Å². The summed E-state index contributed by atoms with van der Waals surface area (Å²) in [5.41, 5.74) is 20.0. The Labute approximate surface area is 431 Å². The number of benzene rings is 9. The lowest BCUT2D eigenvalue weighted by Crippen LogP contribution is -2.29. The Morgan fingerprint density at radius 1 is 0.444 bits per heavy atom. The third kappa shape index (κ3) is 8.04. The molecule has 0 unspecified atom stereocenters. The molecule has 0 saturated carbocycles. The Morgan fingerprint density at radius 2 is 0.889 bits per heavy atom. The molecule has 3 nitrogen and oxygen atoms in total. The van der Waals surface area contributed by atoms with Crippen LogP contribution in [0, 0.1) is 13.8 Å². The molecule has 358 valence electrons. The van der Waals surface area contributed by atoms with Crippen LogP contribution in [-0.4, -0.2) is 19.0 Å². The van der Waals surface area contributed by atoms with Gasteiger partial charge in [0.25, 0.3) is 0 Å². The van der Waals surface area contributed by atoms with E-state index in [1.807, 2.05) is 0 Å².